The summed E-state index contributed by atoms with van der Waals surface area (Å²) in [6.45, 7) is 8.73. The molecular formula is C16H24N2. The molecule has 1 heterocycles. The van der Waals surface area contributed by atoms with Crippen molar-refractivity contribution in [2.45, 2.75) is 26.3 Å². The van der Waals surface area contributed by atoms with Gasteiger partial charge in [0.15, 0.2) is 0 Å². The number of hydrogen-bond acceptors (Lipinski definition) is 2. The second-order valence-electron chi connectivity index (χ2n) is 5.03. The molecular weight excluding hydrogens is 220 g/mol. The van der Waals surface area contributed by atoms with Gasteiger partial charge in [0, 0.05) is 25.7 Å². The number of rotatable bonds is 5. The van der Waals surface area contributed by atoms with E-state index in [9.17, 15) is 0 Å². The molecule has 18 heavy (non-hydrogen) atoms. The van der Waals surface area contributed by atoms with Crippen LogP contribution in [0, 0.1) is 0 Å². The third-order valence-electron chi connectivity index (χ3n) is 3.68. The topological polar surface area (TPSA) is 15.3 Å². The molecule has 1 aromatic rings. The van der Waals surface area contributed by atoms with Crippen LogP contribution in [0.1, 0.15) is 31.9 Å². The molecule has 98 valence electrons. The Morgan fingerprint density at radius 2 is 2.06 bits per heavy atom. The maximum Gasteiger partial charge on any atom is 0.0476 e. The third kappa shape index (κ3) is 3.44. The Morgan fingerprint density at radius 3 is 2.67 bits per heavy atom. The summed E-state index contributed by atoms with van der Waals surface area (Å²) < 4.78 is 0. The predicted molar refractivity (Wildman–Crippen MR) is 77.7 cm³/mol. The van der Waals surface area contributed by atoms with Gasteiger partial charge in [-0.1, -0.05) is 48.9 Å². The lowest BCUT2D eigenvalue weighted by molar-refractivity contribution is 0.208. The monoisotopic (exact) mass is 244 g/mol. The van der Waals surface area contributed by atoms with Crippen LogP contribution in [0.3, 0.4) is 0 Å². The summed E-state index contributed by atoms with van der Waals surface area (Å²) in [7, 11) is 0. The summed E-state index contributed by atoms with van der Waals surface area (Å²) in [5.74, 6) is 0. The van der Waals surface area contributed by atoms with Gasteiger partial charge < -0.3 is 5.32 Å². The Kier molecular flexibility index (Phi) is 4.97. The molecule has 1 aliphatic heterocycles. The van der Waals surface area contributed by atoms with E-state index >= 15 is 0 Å². The maximum atomic E-state index is 3.49. The second-order valence-corrected chi connectivity index (χ2v) is 5.03. The van der Waals surface area contributed by atoms with Gasteiger partial charge in [-0.3, -0.25) is 4.90 Å². The van der Waals surface area contributed by atoms with E-state index in [-0.39, 0.29) is 0 Å². The smallest absolute Gasteiger partial charge is 0.0476 e. The van der Waals surface area contributed by atoms with Crippen LogP contribution in [0.4, 0.5) is 0 Å². The van der Waals surface area contributed by atoms with Gasteiger partial charge in [-0.15, -0.1) is 0 Å². The van der Waals surface area contributed by atoms with Gasteiger partial charge in [-0.25, -0.2) is 0 Å². The Bertz CT molecular complexity index is 383. The van der Waals surface area contributed by atoms with Crippen LogP contribution < -0.4 is 5.32 Å². The van der Waals surface area contributed by atoms with Gasteiger partial charge in [-0.05, 0) is 25.5 Å². The van der Waals surface area contributed by atoms with Crippen LogP contribution in [0.5, 0.6) is 0 Å². The van der Waals surface area contributed by atoms with Crippen molar-refractivity contribution < 1.29 is 0 Å². The van der Waals surface area contributed by atoms with Crippen molar-refractivity contribution in [1.82, 2.24) is 10.2 Å². The number of nitrogens with zero attached hydrogens (tertiary/aromatic N) is 1. The Labute approximate surface area is 111 Å². The number of nitrogens with one attached hydrogen (secondary N) is 1. The van der Waals surface area contributed by atoms with E-state index in [1.54, 1.807) is 0 Å². The van der Waals surface area contributed by atoms with E-state index < -0.39 is 0 Å². The Balaban J connectivity index is 2.10. The van der Waals surface area contributed by atoms with E-state index in [2.05, 4.69) is 60.5 Å². The predicted octanol–water partition coefficient (Wildman–Crippen LogP) is 2.99. The second kappa shape index (κ2) is 6.72. The molecule has 0 amide bonds. The quantitative estimate of drug-likeness (QED) is 0.801. The van der Waals surface area contributed by atoms with E-state index in [1.165, 1.54) is 24.1 Å². The highest BCUT2D eigenvalue weighted by molar-refractivity contribution is 5.20. The molecule has 0 saturated carbocycles. The Morgan fingerprint density at radius 1 is 1.28 bits per heavy atom. The highest BCUT2D eigenvalue weighted by atomic mass is 15.2. The van der Waals surface area contributed by atoms with Gasteiger partial charge in [-0.2, -0.15) is 0 Å². The average molecular weight is 244 g/mol. The fourth-order valence-electron chi connectivity index (χ4n) is 2.48. The minimum absolute atomic E-state index is 0.496. The van der Waals surface area contributed by atoms with Crippen LogP contribution in [-0.2, 0) is 0 Å². The largest absolute Gasteiger partial charge is 0.315 e. The lowest BCUT2D eigenvalue weighted by Crippen LogP contribution is -2.38. The highest BCUT2D eigenvalue weighted by Gasteiger charge is 2.20. The number of likely N-dealkylation sites (N-methyl/N-ethyl adjacent to an activating group) is 1. The number of benzene rings is 1. The standard InChI is InChI=1S/C16H24N2/c1-3-17-13-16(15-7-5-4-6-8-15)18-11-9-14(2)10-12-18/h4-9,16-17H,3,10-13H2,1-2H3. The van der Waals surface area contributed by atoms with Crippen molar-refractivity contribution in [3.8, 4) is 0 Å². The molecule has 0 bridgehead atoms. The molecule has 2 rings (SSSR count). The molecule has 1 N–H and O–H groups in total. The molecule has 2 heteroatoms. The highest BCUT2D eigenvalue weighted by Crippen LogP contribution is 2.23. The van der Waals surface area contributed by atoms with Crippen molar-refractivity contribution in [3.63, 3.8) is 0 Å². The zero-order valence-electron chi connectivity index (χ0n) is 11.5. The summed E-state index contributed by atoms with van der Waals surface area (Å²) >= 11 is 0. The first-order chi connectivity index (χ1) is 8.81. The molecule has 1 aliphatic rings. The molecule has 0 fully saturated rings. The molecule has 1 atom stereocenters. The molecule has 0 spiro atoms. The fraction of sp³-hybridized carbons (Fsp3) is 0.500. The van der Waals surface area contributed by atoms with Crippen molar-refractivity contribution in [2.75, 3.05) is 26.2 Å². The van der Waals surface area contributed by atoms with Crippen LogP contribution in [0.2, 0.25) is 0 Å². The van der Waals surface area contributed by atoms with Crippen molar-refractivity contribution in [2.24, 2.45) is 0 Å². The minimum atomic E-state index is 0.496. The maximum absolute atomic E-state index is 3.49. The number of hydrogen-bond donors (Lipinski definition) is 1. The van der Waals surface area contributed by atoms with Gasteiger partial charge in [0.1, 0.15) is 0 Å². The first-order valence-electron chi connectivity index (χ1n) is 6.96. The zero-order valence-corrected chi connectivity index (χ0v) is 11.5. The van der Waals surface area contributed by atoms with Crippen molar-refractivity contribution in [1.29, 1.82) is 0 Å². The van der Waals surface area contributed by atoms with E-state index in [4.69, 9.17) is 0 Å². The lowest BCUT2D eigenvalue weighted by atomic mass is 10.0. The van der Waals surface area contributed by atoms with E-state index in [1.807, 2.05) is 0 Å². The van der Waals surface area contributed by atoms with Crippen molar-refractivity contribution >= 4 is 0 Å². The van der Waals surface area contributed by atoms with Gasteiger partial charge in [0.25, 0.3) is 0 Å². The van der Waals surface area contributed by atoms with Crippen LogP contribution in [0.15, 0.2) is 42.0 Å². The van der Waals surface area contributed by atoms with Gasteiger partial charge in [0.05, 0.1) is 0 Å². The van der Waals surface area contributed by atoms with E-state index in [0.717, 1.165) is 19.6 Å². The third-order valence-corrected chi connectivity index (χ3v) is 3.68. The summed E-state index contributed by atoms with van der Waals surface area (Å²) in [5.41, 5.74) is 2.95. The molecule has 0 saturated heterocycles. The Hall–Kier alpha value is -1.12. The van der Waals surface area contributed by atoms with Crippen LogP contribution in [0.25, 0.3) is 0 Å². The first-order valence-corrected chi connectivity index (χ1v) is 6.96. The summed E-state index contributed by atoms with van der Waals surface area (Å²) in [4.78, 5) is 2.57. The molecule has 0 aromatic heterocycles. The summed E-state index contributed by atoms with van der Waals surface area (Å²) in [6.07, 6.45) is 3.57. The molecule has 0 radical (unpaired) electrons. The fourth-order valence-corrected chi connectivity index (χ4v) is 2.48. The molecule has 2 nitrogen and oxygen atoms in total. The van der Waals surface area contributed by atoms with Crippen molar-refractivity contribution in [3.05, 3.63) is 47.5 Å². The minimum Gasteiger partial charge on any atom is -0.315 e. The van der Waals surface area contributed by atoms with Crippen LogP contribution >= 0.6 is 0 Å². The lowest BCUT2D eigenvalue weighted by Gasteiger charge is -2.34. The molecule has 0 aliphatic carbocycles. The molecule has 1 aromatic carbocycles. The summed E-state index contributed by atoms with van der Waals surface area (Å²) in [6, 6.07) is 11.4. The van der Waals surface area contributed by atoms with Gasteiger partial charge in [0.2, 0.25) is 0 Å². The molecule has 1 unspecified atom stereocenters. The van der Waals surface area contributed by atoms with Gasteiger partial charge >= 0.3 is 0 Å². The normalized spacial score (nSPS) is 18.4. The first kappa shape index (κ1) is 13.3. The summed E-state index contributed by atoms with van der Waals surface area (Å²) in [5, 5.41) is 3.49. The zero-order chi connectivity index (χ0) is 12.8. The van der Waals surface area contributed by atoms with Crippen LogP contribution in [-0.4, -0.2) is 31.1 Å². The average Bonchev–Trinajstić information content (AvgIpc) is 2.42. The SMILES string of the molecule is CCNCC(c1ccccc1)N1CC=C(C)CC1. The van der Waals surface area contributed by atoms with E-state index in [0.29, 0.717) is 6.04 Å².